The monoisotopic (exact) mass is 387 g/mol. The average Bonchev–Trinajstić information content (AvgIpc) is 2.46. The number of hydrogen-bond acceptors (Lipinski definition) is 5. The third kappa shape index (κ3) is 3.02. The van der Waals surface area contributed by atoms with Gasteiger partial charge < -0.3 is 11.1 Å². The van der Waals surface area contributed by atoms with Crippen molar-refractivity contribution < 1.29 is 14.1 Å². The van der Waals surface area contributed by atoms with Crippen molar-refractivity contribution in [2.45, 2.75) is 0 Å². The Bertz CT molecular complexity index is 786. The molecule has 3 N–H and O–H groups in total. The zero-order valence-corrected chi connectivity index (χ0v) is 13.1. The average molecular weight is 389 g/mol. The van der Waals surface area contributed by atoms with Gasteiger partial charge in [-0.05, 0) is 18.2 Å². The van der Waals surface area contributed by atoms with Crippen molar-refractivity contribution in [2.75, 3.05) is 11.1 Å². The van der Waals surface area contributed by atoms with Gasteiger partial charge >= 0.3 is 0 Å². The lowest BCUT2D eigenvalue weighted by Gasteiger charge is -2.13. The van der Waals surface area contributed by atoms with Crippen molar-refractivity contribution in [2.24, 2.45) is 0 Å². The van der Waals surface area contributed by atoms with Crippen LogP contribution in [0.3, 0.4) is 0 Å². The maximum Gasteiger partial charge on any atom is 0.296 e. The first kappa shape index (κ1) is 16.2. The van der Waals surface area contributed by atoms with E-state index in [1.165, 1.54) is 0 Å². The topological polar surface area (TPSA) is 98.3 Å². The molecule has 0 aliphatic carbocycles. The summed E-state index contributed by atoms with van der Waals surface area (Å²) in [6.45, 7) is 0. The maximum atomic E-state index is 14.3. The minimum Gasteiger partial charge on any atom is -0.391 e. The first-order valence-electron chi connectivity index (χ1n) is 5.78. The predicted molar refractivity (Wildman–Crippen MR) is 85.3 cm³/mol. The minimum atomic E-state index is -1.09. The molecule has 2 rings (SSSR count). The Hall–Kier alpha value is -2.19. The Morgan fingerprint density at radius 2 is 2.09 bits per heavy atom. The van der Waals surface area contributed by atoms with Gasteiger partial charge in [0.1, 0.15) is 5.69 Å². The highest BCUT2D eigenvalue weighted by Crippen LogP contribution is 2.36. The van der Waals surface area contributed by atoms with E-state index in [2.05, 4.69) is 21.2 Å². The summed E-state index contributed by atoms with van der Waals surface area (Å²) < 4.78 is 15.0. The maximum absolute atomic E-state index is 14.3. The molecule has 2 aromatic rings. The van der Waals surface area contributed by atoms with E-state index in [0.717, 1.165) is 6.07 Å². The summed E-state index contributed by atoms with van der Waals surface area (Å²) in [5.74, 6) is -1.09. The Morgan fingerprint density at radius 3 is 2.64 bits per heavy atom. The van der Waals surface area contributed by atoms with E-state index in [9.17, 15) is 19.3 Å². The third-order valence-electron chi connectivity index (χ3n) is 2.83. The second-order valence-electron chi connectivity index (χ2n) is 4.21. The highest BCUT2D eigenvalue weighted by atomic mass is 79.9. The molecule has 0 radical (unpaired) electrons. The molecule has 0 aliphatic heterocycles. The normalized spacial score (nSPS) is 10.3. The van der Waals surface area contributed by atoms with Gasteiger partial charge in [-0.15, -0.1) is 0 Å². The van der Waals surface area contributed by atoms with Crippen LogP contribution in [0.5, 0.6) is 0 Å². The first-order valence-corrected chi connectivity index (χ1v) is 6.96. The second kappa shape index (κ2) is 6.29. The third-order valence-corrected chi connectivity index (χ3v) is 3.63. The Kier molecular flexibility index (Phi) is 4.62. The fourth-order valence-corrected chi connectivity index (χ4v) is 2.49. The number of aldehydes is 1. The van der Waals surface area contributed by atoms with E-state index in [1.807, 2.05) is 0 Å². The van der Waals surface area contributed by atoms with Gasteiger partial charge in [0.15, 0.2) is 12.1 Å². The van der Waals surface area contributed by atoms with Crippen molar-refractivity contribution in [3.05, 3.63) is 55.3 Å². The van der Waals surface area contributed by atoms with Gasteiger partial charge in [-0.2, -0.15) is 0 Å². The molecule has 0 unspecified atom stereocenters. The molecule has 0 spiro atoms. The smallest absolute Gasteiger partial charge is 0.296 e. The number of carbonyl (C=O) groups is 1. The molecule has 0 fully saturated rings. The number of carbonyl (C=O) groups excluding carboxylic acids is 1. The van der Waals surface area contributed by atoms with E-state index in [4.69, 9.17) is 17.3 Å². The number of nitrogens with two attached hydrogens (primary N) is 1. The molecule has 0 aromatic heterocycles. The Balaban J connectivity index is 2.57. The molecule has 0 saturated heterocycles. The fraction of sp³-hybridized carbons (Fsp3) is 0. The van der Waals surface area contributed by atoms with Crippen LogP contribution >= 0.6 is 27.5 Å². The number of anilines is 3. The van der Waals surface area contributed by atoms with Gasteiger partial charge in [0.25, 0.3) is 5.69 Å². The molecule has 0 bridgehead atoms. The summed E-state index contributed by atoms with van der Waals surface area (Å²) in [7, 11) is 0. The Labute approximate surface area is 137 Å². The summed E-state index contributed by atoms with van der Waals surface area (Å²) in [6, 6.07) is 5.68. The van der Waals surface area contributed by atoms with Gasteiger partial charge in [0.05, 0.1) is 21.3 Å². The molecule has 114 valence electrons. The number of benzene rings is 2. The number of halogens is 3. The van der Waals surface area contributed by atoms with Crippen LogP contribution in [-0.4, -0.2) is 11.2 Å². The van der Waals surface area contributed by atoms with Crippen molar-refractivity contribution in [1.82, 2.24) is 0 Å². The van der Waals surface area contributed by atoms with E-state index < -0.39 is 22.1 Å². The number of nitrogens with one attached hydrogen (secondary N) is 1. The van der Waals surface area contributed by atoms with Crippen molar-refractivity contribution in [1.29, 1.82) is 0 Å². The van der Waals surface area contributed by atoms with Crippen LogP contribution in [0.25, 0.3) is 0 Å². The lowest BCUT2D eigenvalue weighted by atomic mass is 10.1. The molecule has 2 aromatic carbocycles. The van der Waals surface area contributed by atoms with Crippen LogP contribution in [0, 0.1) is 15.9 Å². The molecule has 6 nitrogen and oxygen atoms in total. The molecular formula is C13H8BrClFN3O3. The highest BCUT2D eigenvalue weighted by Gasteiger charge is 2.23. The standard InChI is InChI=1S/C13H8BrClFN3O3/c14-7-1-2-9(8(15)4-7)18-13-6(5-20)3-10(19(21)22)12(17)11(13)16/h1-5,18H,17H2. The fourth-order valence-electron chi connectivity index (χ4n) is 1.77. The predicted octanol–water partition coefficient (Wildman–Crippen LogP) is 4.29. The van der Waals surface area contributed by atoms with Crippen LogP contribution in [0.2, 0.25) is 5.02 Å². The van der Waals surface area contributed by atoms with Gasteiger partial charge in [-0.3, -0.25) is 14.9 Å². The lowest BCUT2D eigenvalue weighted by molar-refractivity contribution is -0.384. The van der Waals surface area contributed by atoms with Crippen molar-refractivity contribution in [3.8, 4) is 0 Å². The highest BCUT2D eigenvalue weighted by molar-refractivity contribution is 9.10. The van der Waals surface area contributed by atoms with E-state index >= 15 is 0 Å². The van der Waals surface area contributed by atoms with Crippen molar-refractivity contribution in [3.63, 3.8) is 0 Å². The summed E-state index contributed by atoms with van der Waals surface area (Å²) >= 11 is 9.23. The summed E-state index contributed by atoms with van der Waals surface area (Å²) in [5.41, 5.74) is 3.88. The number of nitro benzene ring substituents is 1. The summed E-state index contributed by atoms with van der Waals surface area (Å²) in [6.07, 6.45) is 0.296. The zero-order valence-electron chi connectivity index (χ0n) is 10.8. The number of nitrogens with zero attached hydrogens (tertiary/aromatic N) is 1. The van der Waals surface area contributed by atoms with Gasteiger partial charge in [-0.25, -0.2) is 4.39 Å². The van der Waals surface area contributed by atoms with Gasteiger partial charge in [0, 0.05) is 16.1 Å². The van der Waals surface area contributed by atoms with E-state index in [-0.39, 0.29) is 16.3 Å². The van der Waals surface area contributed by atoms with E-state index in [1.54, 1.807) is 18.2 Å². The van der Waals surface area contributed by atoms with Gasteiger partial charge in [0.2, 0.25) is 0 Å². The zero-order chi connectivity index (χ0) is 16.4. The largest absolute Gasteiger partial charge is 0.391 e. The molecule has 22 heavy (non-hydrogen) atoms. The summed E-state index contributed by atoms with van der Waals surface area (Å²) in [4.78, 5) is 21.0. The number of nitrogen functional groups attached to an aromatic ring is 1. The van der Waals surface area contributed by atoms with Crippen LogP contribution in [0.4, 0.5) is 27.1 Å². The number of rotatable bonds is 4. The van der Waals surface area contributed by atoms with Gasteiger partial charge in [-0.1, -0.05) is 27.5 Å². The second-order valence-corrected chi connectivity index (χ2v) is 5.53. The Morgan fingerprint density at radius 1 is 1.41 bits per heavy atom. The molecule has 0 heterocycles. The molecule has 0 amide bonds. The number of hydrogen-bond donors (Lipinski definition) is 2. The number of nitro groups is 1. The lowest BCUT2D eigenvalue weighted by Crippen LogP contribution is -2.06. The quantitative estimate of drug-likeness (QED) is 0.352. The molecule has 0 atom stereocenters. The molecule has 9 heteroatoms. The minimum absolute atomic E-state index is 0.239. The van der Waals surface area contributed by atoms with Crippen LogP contribution < -0.4 is 11.1 Å². The van der Waals surface area contributed by atoms with E-state index in [0.29, 0.717) is 16.4 Å². The SMILES string of the molecule is Nc1c([N+](=O)[O-])cc(C=O)c(Nc2ccc(Br)cc2Cl)c1F. The molecule has 0 saturated carbocycles. The first-order chi connectivity index (χ1) is 10.3. The molecule has 0 aliphatic rings. The molecular weight excluding hydrogens is 381 g/mol. The van der Waals surface area contributed by atoms with Crippen molar-refractivity contribution >= 4 is 56.6 Å². The van der Waals surface area contributed by atoms with Crippen LogP contribution in [0.15, 0.2) is 28.7 Å². The van der Waals surface area contributed by atoms with Crippen LogP contribution in [-0.2, 0) is 0 Å². The summed E-state index contributed by atoms with van der Waals surface area (Å²) in [5, 5.41) is 13.7. The van der Waals surface area contributed by atoms with Crippen LogP contribution in [0.1, 0.15) is 10.4 Å².